The van der Waals surface area contributed by atoms with Crippen molar-refractivity contribution in [2.45, 2.75) is 32.6 Å². The quantitative estimate of drug-likeness (QED) is 0.788. The van der Waals surface area contributed by atoms with Crippen molar-refractivity contribution in [3.63, 3.8) is 0 Å². The maximum absolute atomic E-state index is 12.4. The summed E-state index contributed by atoms with van der Waals surface area (Å²) in [5, 5.41) is 0. The van der Waals surface area contributed by atoms with Crippen molar-refractivity contribution in [1.29, 1.82) is 0 Å². The average Bonchev–Trinajstić information content (AvgIpc) is 2.70. The number of rotatable bonds is 4. The molecule has 1 aliphatic carbocycles. The van der Waals surface area contributed by atoms with Crippen LogP contribution in [0.25, 0.3) is 0 Å². The summed E-state index contributed by atoms with van der Waals surface area (Å²) in [4.78, 5) is 0.267. The second-order valence-corrected chi connectivity index (χ2v) is 9.93. The van der Waals surface area contributed by atoms with Gasteiger partial charge in [-0.2, -0.15) is 0 Å². The van der Waals surface area contributed by atoms with Crippen LogP contribution in [0.4, 0.5) is 0 Å². The van der Waals surface area contributed by atoms with Crippen LogP contribution in [0.3, 0.4) is 0 Å². The summed E-state index contributed by atoms with van der Waals surface area (Å²) in [6, 6.07) is 5.13. The molecule has 0 amide bonds. The van der Waals surface area contributed by atoms with Crippen molar-refractivity contribution in [3.05, 3.63) is 27.1 Å². The van der Waals surface area contributed by atoms with Gasteiger partial charge in [0, 0.05) is 15.5 Å². The fourth-order valence-electron chi connectivity index (χ4n) is 2.80. The SMILES string of the molecule is CC1(C)C(CNS(=O)(=O)c2cc(Br)ccc2Br)C1(C)C. The van der Waals surface area contributed by atoms with Crippen molar-refractivity contribution in [1.82, 2.24) is 4.72 Å². The highest BCUT2D eigenvalue weighted by molar-refractivity contribution is 9.11. The van der Waals surface area contributed by atoms with Crippen LogP contribution < -0.4 is 4.72 Å². The zero-order valence-corrected chi connectivity index (χ0v) is 16.0. The second-order valence-electron chi connectivity index (χ2n) is 6.42. The molecule has 0 spiro atoms. The molecule has 1 fully saturated rings. The van der Waals surface area contributed by atoms with E-state index >= 15 is 0 Å². The molecule has 1 aromatic rings. The summed E-state index contributed by atoms with van der Waals surface area (Å²) >= 11 is 6.60. The molecule has 2 rings (SSSR count). The Balaban J connectivity index is 2.16. The van der Waals surface area contributed by atoms with Crippen molar-refractivity contribution in [2.75, 3.05) is 6.54 Å². The molecule has 0 saturated heterocycles. The Morgan fingerprint density at radius 2 is 1.70 bits per heavy atom. The molecule has 1 N–H and O–H groups in total. The minimum atomic E-state index is -3.50. The third-order valence-electron chi connectivity index (χ3n) is 4.98. The van der Waals surface area contributed by atoms with Crippen LogP contribution in [0, 0.1) is 16.7 Å². The van der Waals surface area contributed by atoms with E-state index in [4.69, 9.17) is 0 Å². The number of hydrogen-bond acceptors (Lipinski definition) is 2. The molecular weight excluding hydrogens is 406 g/mol. The van der Waals surface area contributed by atoms with Crippen LogP contribution >= 0.6 is 31.9 Å². The standard InChI is InChI=1S/C14H19Br2NO2S/c1-13(2)12(14(13,3)4)8-17-20(18,19)11-7-9(15)5-6-10(11)16/h5-7,12,17H,8H2,1-4H3. The lowest BCUT2D eigenvalue weighted by atomic mass is 10.0. The van der Waals surface area contributed by atoms with Crippen molar-refractivity contribution < 1.29 is 8.42 Å². The zero-order valence-electron chi connectivity index (χ0n) is 12.0. The Hall–Kier alpha value is 0.0900. The topological polar surface area (TPSA) is 46.2 Å². The Labute approximate surface area is 137 Å². The van der Waals surface area contributed by atoms with E-state index in [2.05, 4.69) is 64.3 Å². The Kier molecular flexibility index (Phi) is 4.18. The van der Waals surface area contributed by atoms with E-state index in [9.17, 15) is 8.42 Å². The van der Waals surface area contributed by atoms with Gasteiger partial charge in [-0.25, -0.2) is 13.1 Å². The maximum atomic E-state index is 12.4. The van der Waals surface area contributed by atoms with Gasteiger partial charge in [0.05, 0.1) is 4.90 Å². The predicted octanol–water partition coefficient (Wildman–Crippen LogP) is 4.17. The summed E-state index contributed by atoms with van der Waals surface area (Å²) in [7, 11) is -3.50. The van der Waals surface area contributed by atoms with Gasteiger partial charge in [0.2, 0.25) is 10.0 Å². The third kappa shape index (κ3) is 2.72. The third-order valence-corrected chi connectivity index (χ3v) is 7.89. The Morgan fingerprint density at radius 3 is 2.20 bits per heavy atom. The van der Waals surface area contributed by atoms with E-state index < -0.39 is 10.0 Å². The van der Waals surface area contributed by atoms with Gasteiger partial charge in [-0.3, -0.25) is 0 Å². The summed E-state index contributed by atoms with van der Waals surface area (Å²) in [5.74, 6) is 0.357. The lowest BCUT2D eigenvalue weighted by Crippen LogP contribution is -2.27. The molecule has 1 aliphatic rings. The molecule has 1 saturated carbocycles. The largest absolute Gasteiger partial charge is 0.241 e. The summed E-state index contributed by atoms with van der Waals surface area (Å²) in [5.41, 5.74) is 0.341. The van der Waals surface area contributed by atoms with Gasteiger partial charge in [0.15, 0.2) is 0 Å². The Morgan fingerprint density at radius 1 is 1.15 bits per heavy atom. The van der Waals surface area contributed by atoms with Gasteiger partial charge < -0.3 is 0 Å². The number of benzene rings is 1. The number of sulfonamides is 1. The molecule has 20 heavy (non-hydrogen) atoms. The van der Waals surface area contributed by atoms with Crippen LogP contribution in [0.15, 0.2) is 32.0 Å². The van der Waals surface area contributed by atoms with Crippen molar-refractivity contribution in [3.8, 4) is 0 Å². The smallest absolute Gasteiger partial charge is 0.211 e. The molecule has 0 bridgehead atoms. The molecule has 112 valence electrons. The van der Waals surface area contributed by atoms with Crippen LogP contribution in [0.2, 0.25) is 0 Å². The number of hydrogen-bond donors (Lipinski definition) is 1. The molecule has 3 nitrogen and oxygen atoms in total. The first-order chi connectivity index (χ1) is 9.00. The summed E-state index contributed by atoms with van der Waals surface area (Å²) < 4.78 is 28.8. The van der Waals surface area contributed by atoms with E-state index in [0.717, 1.165) is 4.47 Å². The first-order valence-electron chi connectivity index (χ1n) is 6.45. The summed E-state index contributed by atoms with van der Waals surface area (Å²) in [6.07, 6.45) is 0. The highest BCUT2D eigenvalue weighted by Crippen LogP contribution is 2.68. The normalized spacial score (nSPS) is 20.9. The van der Waals surface area contributed by atoms with Crippen LogP contribution in [-0.2, 0) is 10.0 Å². The first-order valence-corrected chi connectivity index (χ1v) is 9.52. The van der Waals surface area contributed by atoms with E-state index in [1.807, 2.05) is 0 Å². The zero-order chi connectivity index (χ0) is 15.3. The lowest BCUT2D eigenvalue weighted by Gasteiger charge is -2.10. The molecule has 0 aliphatic heterocycles. The minimum absolute atomic E-state index is 0.171. The number of nitrogens with one attached hydrogen (secondary N) is 1. The fourth-order valence-corrected chi connectivity index (χ4v) is 5.34. The average molecular weight is 425 g/mol. The van der Waals surface area contributed by atoms with E-state index in [1.54, 1.807) is 18.2 Å². The van der Waals surface area contributed by atoms with Gasteiger partial charge in [-0.15, -0.1) is 0 Å². The van der Waals surface area contributed by atoms with Gasteiger partial charge in [0.1, 0.15) is 0 Å². The second kappa shape index (κ2) is 5.07. The number of halogens is 2. The highest BCUT2D eigenvalue weighted by atomic mass is 79.9. The van der Waals surface area contributed by atoms with Gasteiger partial charge >= 0.3 is 0 Å². The van der Waals surface area contributed by atoms with Crippen molar-refractivity contribution in [2.24, 2.45) is 16.7 Å². The highest BCUT2D eigenvalue weighted by Gasteiger charge is 2.64. The maximum Gasteiger partial charge on any atom is 0.241 e. The lowest BCUT2D eigenvalue weighted by molar-refractivity contribution is 0.457. The predicted molar refractivity (Wildman–Crippen MR) is 88.1 cm³/mol. The monoisotopic (exact) mass is 423 g/mol. The van der Waals surface area contributed by atoms with Crippen LogP contribution in [0.1, 0.15) is 27.7 Å². The van der Waals surface area contributed by atoms with Crippen LogP contribution in [0.5, 0.6) is 0 Å². The molecule has 1 aromatic carbocycles. The molecule has 0 radical (unpaired) electrons. The minimum Gasteiger partial charge on any atom is -0.211 e. The van der Waals surface area contributed by atoms with E-state index in [0.29, 0.717) is 16.9 Å². The van der Waals surface area contributed by atoms with Crippen LogP contribution in [-0.4, -0.2) is 15.0 Å². The Bertz CT molecular complexity index is 625. The molecule has 0 aromatic heterocycles. The van der Waals surface area contributed by atoms with Gasteiger partial charge in [-0.1, -0.05) is 43.6 Å². The molecule has 0 heterocycles. The molecule has 0 unspecified atom stereocenters. The van der Waals surface area contributed by atoms with E-state index in [1.165, 1.54) is 0 Å². The van der Waals surface area contributed by atoms with Gasteiger partial charge in [0.25, 0.3) is 0 Å². The van der Waals surface area contributed by atoms with Crippen molar-refractivity contribution >= 4 is 41.9 Å². The molecule has 6 heteroatoms. The first kappa shape index (κ1) is 16.5. The molecule has 0 atom stereocenters. The molecular formula is C14H19Br2NO2S. The fraction of sp³-hybridized carbons (Fsp3) is 0.571. The summed E-state index contributed by atoms with van der Waals surface area (Å²) in [6.45, 7) is 9.20. The van der Waals surface area contributed by atoms with Gasteiger partial charge in [-0.05, 0) is 50.9 Å². The van der Waals surface area contributed by atoms with E-state index in [-0.39, 0.29) is 15.7 Å².